The van der Waals surface area contributed by atoms with E-state index in [-0.39, 0.29) is 18.2 Å². The van der Waals surface area contributed by atoms with E-state index in [1.54, 1.807) is 18.2 Å². The Hall–Kier alpha value is -2.90. The predicted octanol–water partition coefficient (Wildman–Crippen LogP) is 4.08. The van der Waals surface area contributed by atoms with Gasteiger partial charge < -0.3 is 5.32 Å². The van der Waals surface area contributed by atoms with Crippen molar-refractivity contribution in [2.24, 2.45) is 0 Å². The molecule has 0 saturated carbocycles. The van der Waals surface area contributed by atoms with Crippen LogP contribution in [0.3, 0.4) is 0 Å². The minimum absolute atomic E-state index is 0.0875. The number of nitrogens with zero attached hydrogens (tertiary/aromatic N) is 3. The first-order chi connectivity index (χ1) is 13.4. The number of aryl methyl sites for hydroxylation is 1. The Bertz CT molecular complexity index is 1080. The normalized spacial score (nSPS) is 15.2. The third kappa shape index (κ3) is 3.58. The van der Waals surface area contributed by atoms with Crippen molar-refractivity contribution in [1.82, 2.24) is 14.8 Å². The van der Waals surface area contributed by atoms with Gasteiger partial charge in [0.05, 0.1) is 16.5 Å². The Morgan fingerprint density at radius 1 is 1.18 bits per heavy atom. The van der Waals surface area contributed by atoms with Gasteiger partial charge in [-0.25, -0.2) is 4.68 Å². The summed E-state index contributed by atoms with van der Waals surface area (Å²) in [7, 11) is 0. The smallest absolute Gasteiger partial charge is 0.252 e. The largest absolute Gasteiger partial charge is 0.326 e. The summed E-state index contributed by atoms with van der Waals surface area (Å²) in [4.78, 5) is 29.0. The first-order valence-corrected chi connectivity index (χ1v) is 9.25. The van der Waals surface area contributed by atoms with E-state index >= 15 is 0 Å². The van der Waals surface area contributed by atoms with Crippen molar-refractivity contribution < 1.29 is 9.59 Å². The van der Waals surface area contributed by atoms with Gasteiger partial charge in [-0.15, -0.1) is 5.10 Å². The van der Waals surface area contributed by atoms with Gasteiger partial charge in [-0.3, -0.25) is 14.9 Å². The van der Waals surface area contributed by atoms with Crippen LogP contribution in [0.1, 0.15) is 18.0 Å². The molecule has 2 heterocycles. The van der Waals surface area contributed by atoms with Gasteiger partial charge in [0.25, 0.3) is 5.91 Å². The number of anilines is 2. The van der Waals surface area contributed by atoms with Crippen LogP contribution in [0.25, 0.3) is 11.4 Å². The molecular weight excluding hydrogens is 401 g/mol. The average Bonchev–Trinajstić information content (AvgIpc) is 3.18. The second kappa shape index (κ2) is 7.26. The summed E-state index contributed by atoms with van der Waals surface area (Å²) >= 11 is 11.8. The maximum atomic E-state index is 12.4. The highest BCUT2D eigenvalue weighted by molar-refractivity contribution is 6.42. The van der Waals surface area contributed by atoms with Gasteiger partial charge in [0.15, 0.2) is 5.82 Å². The fraction of sp³-hybridized carbons (Fsp3) is 0.158. The molecule has 3 aromatic rings. The van der Waals surface area contributed by atoms with E-state index in [4.69, 9.17) is 23.2 Å². The third-order valence-corrected chi connectivity index (χ3v) is 5.10. The van der Waals surface area contributed by atoms with E-state index in [1.165, 1.54) is 4.68 Å². The van der Waals surface area contributed by atoms with Crippen LogP contribution in [-0.4, -0.2) is 26.6 Å². The monoisotopic (exact) mass is 415 g/mol. The minimum atomic E-state index is -0.774. The molecule has 1 aliphatic rings. The Balaban J connectivity index is 1.51. The fourth-order valence-electron chi connectivity index (χ4n) is 2.90. The van der Waals surface area contributed by atoms with E-state index in [9.17, 15) is 9.59 Å². The number of benzene rings is 2. The molecule has 0 aliphatic carbocycles. The summed E-state index contributed by atoms with van der Waals surface area (Å²) in [6, 6.07) is 11.7. The summed E-state index contributed by atoms with van der Waals surface area (Å²) in [6.07, 6.45) is -0.0875. The van der Waals surface area contributed by atoms with Gasteiger partial charge in [0.1, 0.15) is 6.04 Å². The molecule has 28 heavy (non-hydrogen) atoms. The summed E-state index contributed by atoms with van der Waals surface area (Å²) in [5, 5.41) is 10.5. The first kappa shape index (κ1) is 18.5. The predicted molar refractivity (Wildman–Crippen MR) is 108 cm³/mol. The van der Waals surface area contributed by atoms with Crippen LogP contribution in [0, 0.1) is 6.92 Å². The molecule has 2 aromatic carbocycles. The number of hydrogen-bond acceptors (Lipinski definition) is 4. The number of carbonyl (C=O) groups is 2. The number of aromatic nitrogens is 3. The SMILES string of the molecule is Cc1ccc(-c2nc3n(n2)C(CC(=O)Nc2ccc(Cl)c(Cl)c2)C(=O)N3)cc1. The maximum absolute atomic E-state index is 12.4. The van der Waals surface area contributed by atoms with Gasteiger partial charge in [-0.1, -0.05) is 53.0 Å². The van der Waals surface area contributed by atoms with Crippen molar-refractivity contribution in [2.45, 2.75) is 19.4 Å². The van der Waals surface area contributed by atoms with Crippen LogP contribution in [0.2, 0.25) is 10.0 Å². The highest BCUT2D eigenvalue weighted by atomic mass is 35.5. The highest BCUT2D eigenvalue weighted by Gasteiger charge is 2.35. The van der Waals surface area contributed by atoms with Gasteiger partial charge in [0, 0.05) is 11.3 Å². The van der Waals surface area contributed by atoms with E-state index < -0.39 is 6.04 Å². The third-order valence-electron chi connectivity index (χ3n) is 4.36. The van der Waals surface area contributed by atoms with E-state index in [2.05, 4.69) is 20.7 Å². The number of nitrogens with one attached hydrogen (secondary N) is 2. The van der Waals surface area contributed by atoms with Crippen LogP contribution in [-0.2, 0) is 9.59 Å². The second-order valence-electron chi connectivity index (χ2n) is 6.46. The van der Waals surface area contributed by atoms with Crippen LogP contribution in [0.4, 0.5) is 11.6 Å². The lowest BCUT2D eigenvalue weighted by Crippen LogP contribution is -2.23. The zero-order chi connectivity index (χ0) is 19.8. The molecule has 1 aromatic heterocycles. The number of amides is 2. The lowest BCUT2D eigenvalue weighted by molar-refractivity contribution is -0.123. The molecule has 2 amide bonds. The van der Waals surface area contributed by atoms with Crippen molar-refractivity contribution in [2.75, 3.05) is 10.6 Å². The van der Waals surface area contributed by atoms with Gasteiger partial charge in [0.2, 0.25) is 11.9 Å². The molecule has 1 unspecified atom stereocenters. The standard InChI is InChI=1S/C19H15Cl2N5O2/c1-10-2-4-11(5-3-10)17-23-19-24-18(28)15(26(19)25-17)9-16(27)22-12-6-7-13(20)14(21)8-12/h2-8,15H,9H2,1H3,(H,22,27)(H,23,24,25,28). The molecule has 9 heteroatoms. The van der Waals surface area contributed by atoms with Crippen molar-refractivity contribution in [3.63, 3.8) is 0 Å². The van der Waals surface area contributed by atoms with Gasteiger partial charge in [-0.05, 0) is 25.1 Å². The Morgan fingerprint density at radius 3 is 2.64 bits per heavy atom. The molecule has 0 bridgehead atoms. The summed E-state index contributed by atoms with van der Waals surface area (Å²) in [6.45, 7) is 1.99. The molecule has 0 radical (unpaired) electrons. The Labute approximate surface area is 170 Å². The van der Waals surface area contributed by atoms with Crippen molar-refractivity contribution in [3.05, 3.63) is 58.1 Å². The molecule has 0 spiro atoms. The molecule has 2 N–H and O–H groups in total. The number of fused-ring (bicyclic) bond motifs is 1. The summed E-state index contributed by atoms with van der Waals surface area (Å²) in [5.74, 6) is 0.145. The van der Waals surface area contributed by atoms with E-state index in [0.717, 1.165) is 11.1 Å². The quantitative estimate of drug-likeness (QED) is 0.671. The summed E-state index contributed by atoms with van der Waals surface area (Å²) in [5.41, 5.74) is 2.46. The zero-order valence-electron chi connectivity index (χ0n) is 14.7. The van der Waals surface area contributed by atoms with Crippen LogP contribution >= 0.6 is 23.2 Å². The van der Waals surface area contributed by atoms with E-state index in [1.807, 2.05) is 31.2 Å². The van der Waals surface area contributed by atoms with Crippen LogP contribution < -0.4 is 10.6 Å². The Morgan fingerprint density at radius 2 is 1.93 bits per heavy atom. The van der Waals surface area contributed by atoms with Crippen LogP contribution in [0.15, 0.2) is 42.5 Å². The first-order valence-electron chi connectivity index (χ1n) is 8.50. The second-order valence-corrected chi connectivity index (χ2v) is 7.27. The topological polar surface area (TPSA) is 88.9 Å². The molecule has 1 aliphatic heterocycles. The molecule has 7 nitrogen and oxygen atoms in total. The number of carbonyl (C=O) groups excluding carboxylic acids is 2. The fourth-order valence-corrected chi connectivity index (χ4v) is 3.19. The molecular formula is C19H15Cl2N5O2. The molecule has 1 atom stereocenters. The Kier molecular flexibility index (Phi) is 4.78. The molecule has 4 rings (SSSR count). The lowest BCUT2D eigenvalue weighted by Gasteiger charge is -2.10. The highest BCUT2D eigenvalue weighted by Crippen LogP contribution is 2.29. The number of halogens is 2. The van der Waals surface area contributed by atoms with Gasteiger partial charge in [-0.2, -0.15) is 4.98 Å². The van der Waals surface area contributed by atoms with Crippen molar-refractivity contribution >= 4 is 46.7 Å². The van der Waals surface area contributed by atoms with Gasteiger partial charge >= 0.3 is 0 Å². The summed E-state index contributed by atoms with van der Waals surface area (Å²) < 4.78 is 1.45. The number of rotatable bonds is 4. The van der Waals surface area contributed by atoms with Crippen molar-refractivity contribution in [3.8, 4) is 11.4 Å². The minimum Gasteiger partial charge on any atom is -0.326 e. The van der Waals surface area contributed by atoms with Crippen LogP contribution in [0.5, 0.6) is 0 Å². The lowest BCUT2D eigenvalue weighted by atomic mass is 10.1. The molecule has 0 saturated heterocycles. The number of hydrogen-bond donors (Lipinski definition) is 2. The molecule has 142 valence electrons. The maximum Gasteiger partial charge on any atom is 0.252 e. The average molecular weight is 416 g/mol. The molecule has 0 fully saturated rings. The zero-order valence-corrected chi connectivity index (χ0v) is 16.3. The van der Waals surface area contributed by atoms with E-state index in [0.29, 0.717) is 27.5 Å². The van der Waals surface area contributed by atoms with Crippen molar-refractivity contribution in [1.29, 1.82) is 0 Å².